The number of allylic oxidation sites excluding steroid dienone is 1. The second-order valence-electron chi connectivity index (χ2n) is 13.6. The van der Waals surface area contributed by atoms with Crippen LogP contribution in [0.2, 0.25) is 0 Å². The Labute approximate surface area is 283 Å². The summed E-state index contributed by atoms with van der Waals surface area (Å²) in [5.41, 5.74) is 8.63. The molecule has 1 aromatic carbocycles. The van der Waals surface area contributed by atoms with E-state index in [1.807, 2.05) is 25.3 Å². The van der Waals surface area contributed by atoms with Gasteiger partial charge in [0.25, 0.3) is 0 Å². The molecule has 4 rings (SSSR count). The third-order valence-electron chi connectivity index (χ3n) is 9.75. The molecule has 47 heavy (non-hydrogen) atoms. The lowest BCUT2D eigenvalue weighted by molar-refractivity contribution is -0.0552. The Morgan fingerprint density at radius 1 is 1.15 bits per heavy atom. The van der Waals surface area contributed by atoms with Crippen molar-refractivity contribution >= 4 is 6.21 Å². The molecule has 0 bridgehead atoms. The van der Waals surface area contributed by atoms with Gasteiger partial charge in [0.05, 0.1) is 18.1 Å². The number of nitrogens with two attached hydrogens (primary N) is 1. The average molecular weight is 654 g/mol. The summed E-state index contributed by atoms with van der Waals surface area (Å²) in [4.78, 5) is 4.83. The Bertz CT molecular complexity index is 1150. The van der Waals surface area contributed by atoms with Gasteiger partial charge in [0.2, 0.25) is 0 Å². The summed E-state index contributed by atoms with van der Waals surface area (Å²) in [7, 11) is 0. The van der Waals surface area contributed by atoms with Crippen LogP contribution in [0.15, 0.2) is 46.6 Å². The topological polar surface area (TPSA) is 145 Å². The smallest absolute Gasteiger partial charge is 0.196 e. The Balaban J connectivity index is 1.30. The molecule has 9 heteroatoms. The zero-order valence-electron chi connectivity index (χ0n) is 28.8. The summed E-state index contributed by atoms with van der Waals surface area (Å²) < 4.78 is 11.2. The third-order valence-corrected chi connectivity index (χ3v) is 9.75. The molecule has 1 fully saturated rings. The Morgan fingerprint density at radius 2 is 1.94 bits per heavy atom. The number of nitrogens with zero attached hydrogens (tertiary/aromatic N) is 1. The first-order valence-electron chi connectivity index (χ1n) is 18.2. The van der Waals surface area contributed by atoms with Gasteiger partial charge in [-0.1, -0.05) is 45.1 Å². The normalized spacial score (nSPS) is 20.1. The first kappa shape index (κ1) is 37.3. The molecule has 0 saturated heterocycles. The number of benzene rings is 1. The zero-order chi connectivity index (χ0) is 33.4. The molecule has 0 radical (unpaired) electrons. The average Bonchev–Trinajstić information content (AvgIpc) is 3.85. The fourth-order valence-electron chi connectivity index (χ4n) is 7.10. The van der Waals surface area contributed by atoms with E-state index in [-0.39, 0.29) is 30.6 Å². The number of aromatic hydroxyl groups is 1. The summed E-state index contributed by atoms with van der Waals surface area (Å²) >= 11 is 0. The van der Waals surface area contributed by atoms with Gasteiger partial charge in [-0.15, -0.1) is 16.6 Å². The number of aryl methyl sites for hydroxylation is 1. The number of aliphatic imine (C=N–C) groups is 1. The molecule has 4 unspecified atom stereocenters. The summed E-state index contributed by atoms with van der Waals surface area (Å²) in [6, 6.07) is 5.46. The molecule has 9 nitrogen and oxygen atoms in total. The van der Waals surface area contributed by atoms with Gasteiger partial charge in [0.15, 0.2) is 23.2 Å². The van der Waals surface area contributed by atoms with Crippen molar-refractivity contribution in [2.24, 2.45) is 22.6 Å². The first-order chi connectivity index (χ1) is 22.9. The molecular formula is C38H61N4O5+. The second kappa shape index (κ2) is 20.1. The van der Waals surface area contributed by atoms with Gasteiger partial charge in [0.1, 0.15) is 30.9 Å². The van der Waals surface area contributed by atoms with Crippen molar-refractivity contribution in [3.63, 3.8) is 0 Å². The minimum atomic E-state index is -0.366. The van der Waals surface area contributed by atoms with Crippen molar-refractivity contribution in [2.75, 3.05) is 39.4 Å². The second-order valence-corrected chi connectivity index (χ2v) is 13.6. The molecule has 262 valence electrons. The van der Waals surface area contributed by atoms with Crippen LogP contribution in [0.5, 0.6) is 11.5 Å². The molecule has 1 saturated carbocycles. The van der Waals surface area contributed by atoms with Crippen molar-refractivity contribution < 1.29 is 24.8 Å². The van der Waals surface area contributed by atoms with Crippen LogP contribution >= 0.6 is 0 Å². The molecule has 1 aromatic rings. The molecular weight excluding hydrogens is 592 g/mol. The van der Waals surface area contributed by atoms with Crippen molar-refractivity contribution in [1.29, 1.82) is 0 Å². The minimum Gasteiger partial charge on any atom is -0.504 e. The van der Waals surface area contributed by atoms with Crippen LogP contribution in [-0.2, 0) is 6.42 Å². The van der Waals surface area contributed by atoms with E-state index >= 15 is 0 Å². The van der Waals surface area contributed by atoms with E-state index in [2.05, 4.69) is 29.7 Å². The fourth-order valence-corrected chi connectivity index (χ4v) is 7.10. The fraction of sp³-hybridized carbons (Fsp3) is 0.658. The van der Waals surface area contributed by atoms with E-state index in [0.29, 0.717) is 30.7 Å². The number of aliphatic hydroxyl groups is 4. The highest BCUT2D eigenvalue weighted by atomic mass is 16.5. The molecule has 0 spiro atoms. The molecule has 8 N–H and O–H groups in total. The predicted octanol–water partition coefficient (Wildman–Crippen LogP) is 4.66. The number of nitrogens with one attached hydrogen (secondary N) is 2. The van der Waals surface area contributed by atoms with Crippen molar-refractivity contribution in [2.45, 2.75) is 109 Å². The largest absolute Gasteiger partial charge is 0.504 e. The highest BCUT2D eigenvalue weighted by Crippen LogP contribution is 2.38. The van der Waals surface area contributed by atoms with Gasteiger partial charge in [-0.2, -0.15) is 0 Å². The molecule has 0 amide bonds. The summed E-state index contributed by atoms with van der Waals surface area (Å²) in [5.74, 6) is 2.84. The maximum absolute atomic E-state index is 10.6. The monoisotopic (exact) mass is 653 g/mol. The van der Waals surface area contributed by atoms with Gasteiger partial charge in [-0.05, 0) is 82.2 Å². The van der Waals surface area contributed by atoms with E-state index in [1.54, 1.807) is 6.07 Å². The number of likely N-dealkylation sites (N-methyl/N-ethyl adjacent to an activating group) is 1. The number of hydrogen-bond donors (Lipinski definition) is 6. The predicted molar refractivity (Wildman–Crippen MR) is 190 cm³/mol. The van der Waals surface area contributed by atoms with Gasteiger partial charge >= 0.3 is 0 Å². The SMILES string of the molecule is CCNC(COc1cc(CC[C-]2C=C(CO)C(CCCCCCCN)[OH+]2)ccc1O)C1=C[C+](C(CNCC(C)O)C2CCCC2)C=N1. The minimum absolute atomic E-state index is 0.0514. The number of ether oxygens (including phenoxy) is 2. The quantitative estimate of drug-likeness (QED) is 0.0573. The van der Waals surface area contributed by atoms with Crippen LogP contribution in [0.25, 0.3) is 0 Å². The lowest BCUT2D eigenvalue weighted by atomic mass is 9.81. The van der Waals surface area contributed by atoms with Crippen molar-refractivity contribution in [3.05, 3.63) is 59.2 Å². The van der Waals surface area contributed by atoms with E-state index in [0.717, 1.165) is 74.7 Å². The lowest BCUT2D eigenvalue weighted by Gasteiger charge is -2.22. The number of aliphatic hydroxyl groups excluding tert-OH is 2. The summed E-state index contributed by atoms with van der Waals surface area (Å²) in [6.45, 7) is 7.24. The van der Waals surface area contributed by atoms with E-state index < -0.39 is 0 Å². The van der Waals surface area contributed by atoms with Crippen molar-refractivity contribution in [1.82, 2.24) is 10.6 Å². The van der Waals surface area contributed by atoms with Crippen LogP contribution < -0.4 is 21.1 Å². The van der Waals surface area contributed by atoms with Gasteiger partial charge < -0.3 is 35.8 Å². The Morgan fingerprint density at radius 3 is 2.68 bits per heavy atom. The highest BCUT2D eigenvalue weighted by Gasteiger charge is 2.39. The molecule has 1 aliphatic carbocycles. The Hall–Kier alpha value is -2.53. The van der Waals surface area contributed by atoms with Crippen LogP contribution in [0.4, 0.5) is 0 Å². The maximum Gasteiger partial charge on any atom is 0.196 e. The zero-order valence-corrected chi connectivity index (χ0v) is 28.8. The molecule has 0 aromatic heterocycles. The van der Waals surface area contributed by atoms with Crippen LogP contribution in [0, 0.1) is 23.9 Å². The molecule has 4 atom stereocenters. The third kappa shape index (κ3) is 11.8. The van der Waals surface area contributed by atoms with Gasteiger partial charge in [-0.25, -0.2) is 0 Å². The first-order valence-corrected chi connectivity index (χ1v) is 18.2. The van der Waals surface area contributed by atoms with Crippen LogP contribution in [0.1, 0.15) is 90.0 Å². The van der Waals surface area contributed by atoms with E-state index in [1.165, 1.54) is 50.9 Å². The van der Waals surface area contributed by atoms with Crippen molar-refractivity contribution in [3.8, 4) is 11.5 Å². The maximum atomic E-state index is 10.6. The van der Waals surface area contributed by atoms with Crippen LogP contribution in [0.3, 0.4) is 0 Å². The van der Waals surface area contributed by atoms with E-state index in [9.17, 15) is 15.3 Å². The summed E-state index contributed by atoms with van der Waals surface area (Å²) in [6.07, 6.45) is 20.4. The van der Waals surface area contributed by atoms with E-state index in [4.69, 9.17) is 20.2 Å². The number of rotatable bonds is 23. The molecule has 3 aliphatic rings. The highest BCUT2D eigenvalue weighted by molar-refractivity contribution is 5.83. The Kier molecular flexibility index (Phi) is 15.9. The number of phenolic OH excluding ortho intramolecular Hbond substituents is 1. The molecule has 2 aliphatic heterocycles. The van der Waals surface area contributed by atoms with Gasteiger partial charge in [-0.3, -0.25) is 5.32 Å². The number of unbranched alkanes of at least 4 members (excludes halogenated alkanes) is 4. The standard InChI is InChI=1S/C38H60N4O5/c1-3-41-35(34-21-30(23-42-34)33(24-40-22-27(2)44)29-11-8-9-12-29)26-46-38-19-28(15-17-36(38)45)14-16-32-20-31(25-43)37(47-32)13-7-5-4-6-10-18-39/h15,17,19-21,23,27,29,33,35,37,40-41,43-44,47H,3-14,16,18,22,24-26,39H2,1-2H3/p+1. The van der Waals surface area contributed by atoms with Crippen LogP contribution in [-0.4, -0.2) is 83.9 Å². The molecule has 2 heterocycles. The van der Waals surface area contributed by atoms with Gasteiger partial charge in [0, 0.05) is 26.1 Å². The lowest BCUT2D eigenvalue weighted by Crippen LogP contribution is -2.36. The number of hydrogen-bond acceptors (Lipinski definition) is 8. The number of phenols is 1. The summed E-state index contributed by atoms with van der Waals surface area (Å²) in [5, 5.41) is 37.3.